The maximum Gasteiger partial charge on any atom is 0.410 e. The van der Waals surface area contributed by atoms with Crippen molar-refractivity contribution in [3.63, 3.8) is 0 Å². The van der Waals surface area contributed by atoms with Gasteiger partial charge in [-0.25, -0.2) is 13.2 Å². The van der Waals surface area contributed by atoms with Crippen LogP contribution in [0.1, 0.15) is 28.5 Å². The van der Waals surface area contributed by atoms with E-state index in [1.54, 1.807) is 24.0 Å². The largest absolute Gasteiger partial charge is 0.450 e. The summed E-state index contributed by atoms with van der Waals surface area (Å²) in [6.07, 6.45) is 1.31. The number of nitrogens with zero attached hydrogens (tertiary/aromatic N) is 2. The summed E-state index contributed by atoms with van der Waals surface area (Å²) in [6, 6.07) is 8.28. The number of carbonyl (C=O) groups excluding carboxylic acids is 2. The molecule has 0 spiro atoms. The molecule has 0 saturated heterocycles. The Labute approximate surface area is 179 Å². The van der Waals surface area contributed by atoms with E-state index in [-0.39, 0.29) is 17.2 Å². The summed E-state index contributed by atoms with van der Waals surface area (Å²) in [6.45, 7) is 2.84. The smallest absolute Gasteiger partial charge is 0.410 e. The van der Waals surface area contributed by atoms with Gasteiger partial charge in [0.25, 0.3) is 0 Å². The first-order valence-electron chi connectivity index (χ1n) is 9.28. The number of anilines is 1. The first kappa shape index (κ1) is 21.8. The highest BCUT2D eigenvalue weighted by Gasteiger charge is 2.28. The van der Waals surface area contributed by atoms with E-state index in [0.29, 0.717) is 42.2 Å². The SMILES string of the molecule is CCOC(=O)N1CCc2c(sc(NC(=O)Cc3ccc(S(C)(=O)=O)cc3)c2C#N)C1. The average Bonchev–Trinajstić information content (AvgIpc) is 3.03. The van der Waals surface area contributed by atoms with Gasteiger partial charge in [0.15, 0.2) is 9.84 Å². The first-order valence-corrected chi connectivity index (χ1v) is 12.0. The third kappa shape index (κ3) is 4.80. The van der Waals surface area contributed by atoms with Gasteiger partial charge in [0.1, 0.15) is 11.1 Å². The molecule has 8 nitrogen and oxygen atoms in total. The third-order valence-electron chi connectivity index (χ3n) is 4.66. The van der Waals surface area contributed by atoms with Gasteiger partial charge in [0.2, 0.25) is 5.91 Å². The summed E-state index contributed by atoms with van der Waals surface area (Å²) < 4.78 is 28.1. The van der Waals surface area contributed by atoms with Crippen molar-refractivity contribution < 1.29 is 22.7 Å². The number of thiophene rings is 1. The molecule has 2 aromatic rings. The molecule has 0 atom stereocenters. The lowest BCUT2D eigenvalue weighted by Gasteiger charge is -2.25. The Morgan fingerprint density at radius 3 is 2.60 bits per heavy atom. The van der Waals surface area contributed by atoms with E-state index in [1.807, 2.05) is 0 Å². The third-order valence-corrected chi connectivity index (χ3v) is 6.92. The fourth-order valence-corrected chi connectivity index (χ4v) is 5.05. The lowest BCUT2D eigenvalue weighted by atomic mass is 10.0. The van der Waals surface area contributed by atoms with Crippen LogP contribution in [0.2, 0.25) is 0 Å². The lowest BCUT2D eigenvalue weighted by Crippen LogP contribution is -2.35. The Balaban J connectivity index is 1.72. The fourth-order valence-electron chi connectivity index (χ4n) is 3.19. The van der Waals surface area contributed by atoms with E-state index in [9.17, 15) is 23.3 Å². The molecule has 1 aromatic carbocycles. The maximum atomic E-state index is 12.5. The number of ether oxygens (including phenoxy) is 1. The molecule has 0 unspecified atom stereocenters. The monoisotopic (exact) mass is 447 g/mol. The summed E-state index contributed by atoms with van der Waals surface area (Å²) in [7, 11) is -3.29. The highest BCUT2D eigenvalue weighted by Crippen LogP contribution is 2.36. The number of nitrogens with one attached hydrogen (secondary N) is 1. The molecule has 30 heavy (non-hydrogen) atoms. The summed E-state index contributed by atoms with van der Waals surface area (Å²) in [5, 5.41) is 12.8. The fraction of sp³-hybridized carbons (Fsp3) is 0.350. The van der Waals surface area contributed by atoms with Gasteiger partial charge in [-0.15, -0.1) is 11.3 Å². The van der Waals surface area contributed by atoms with Crippen molar-refractivity contribution in [2.75, 3.05) is 24.7 Å². The molecule has 1 aliphatic rings. The van der Waals surface area contributed by atoms with Gasteiger partial charge in [-0.2, -0.15) is 5.26 Å². The van der Waals surface area contributed by atoms with Crippen molar-refractivity contribution >= 4 is 38.2 Å². The van der Waals surface area contributed by atoms with Crippen LogP contribution in [0.4, 0.5) is 9.80 Å². The van der Waals surface area contributed by atoms with E-state index >= 15 is 0 Å². The summed E-state index contributed by atoms with van der Waals surface area (Å²) in [4.78, 5) is 27.1. The van der Waals surface area contributed by atoms with Crippen molar-refractivity contribution in [2.45, 2.75) is 31.2 Å². The molecule has 0 aliphatic carbocycles. The van der Waals surface area contributed by atoms with E-state index in [2.05, 4.69) is 11.4 Å². The zero-order valence-electron chi connectivity index (χ0n) is 16.6. The molecule has 1 aliphatic heterocycles. The predicted molar refractivity (Wildman–Crippen MR) is 112 cm³/mol. The molecule has 158 valence electrons. The number of fused-ring (bicyclic) bond motifs is 1. The molecule has 0 radical (unpaired) electrons. The minimum atomic E-state index is -3.29. The Hall–Kier alpha value is -2.90. The minimum absolute atomic E-state index is 0.0480. The zero-order valence-corrected chi connectivity index (χ0v) is 18.2. The van der Waals surface area contributed by atoms with Crippen LogP contribution in [0.3, 0.4) is 0 Å². The number of amides is 2. The first-order chi connectivity index (χ1) is 14.2. The second-order valence-corrected chi connectivity index (χ2v) is 9.95. The van der Waals surface area contributed by atoms with Gasteiger partial charge in [0.05, 0.1) is 30.0 Å². The number of hydrogen-bond acceptors (Lipinski definition) is 7. The van der Waals surface area contributed by atoms with Crippen LogP contribution < -0.4 is 5.32 Å². The Bertz CT molecular complexity index is 1110. The molecule has 3 rings (SSSR count). The molecule has 1 aromatic heterocycles. The van der Waals surface area contributed by atoms with E-state index in [0.717, 1.165) is 16.7 Å². The Morgan fingerprint density at radius 2 is 2.00 bits per heavy atom. The van der Waals surface area contributed by atoms with Gasteiger partial charge in [-0.1, -0.05) is 12.1 Å². The lowest BCUT2D eigenvalue weighted by molar-refractivity contribution is -0.115. The highest BCUT2D eigenvalue weighted by molar-refractivity contribution is 7.90. The van der Waals surface area contributed by atoms with Gasteiger partial charge in [0, 0.05) is 17.7 Å². The quantitative estimate of drug-likeness (QED) is 0.753. The zero-order chi connectivity index (χ0) is 21.9. The normalized spacial score (nSPS) is 13.3. The van der Waals surface area contributed by atoms with Crippen LogP contribution in [0.25, 0.3) is 0 Å². The van der Waals surface area contributed by atoms with E-state index in [4.69, 9.17) is 4.74 Å². The molecule has 1 N–H and O–H groups in total. The average molecular weight is 448 g/mol. The van der Waals surface area contributed by atoms with Crippen molar-refractivity contribution in [1.29, 1.82) is 5.26 Å². The second-order valence-electron chi connectivity index (χ2n) is 6.83. The van der Waals surface area contributed by atoms with Crippen molar-refractivity contribution in [2.24, 2.45) is 0 Å². The van der Waals surface area contributed by atoms with Crippen molar-refractivity contribution in [1.82, 2.24) is 4.90 Å². The summed E-state index contributed by atoms with van der Waals surface area (Å²) >= 11 is 1.29. The summed E-state index contributed by atoms with van der Waals surface area (Å²) in [5.41, 5.74) is 1.95. The van der Waals surface area contributed by atoms with E-state index in [1.165, 1.54) is 23.5 Å². The number of carbonyl (C=O) groups is 2. The topological polar surface area (TPSA) is 117 Å². The van der Waals surface area contributed by atoms with Crippen LogP contribution in [-0.2, 0) is 38.8 Å². The van der Waals surface area contributed by atoms with Crippen LogP contribution in [0.5, 0.6) is 0 Å². The predicted octanol–water partition coefficient (Wildman–Crippen LogP) is 2.72. The van der Waals surface area contributed by atoms with Crippen LogP contribution in [-0.4, -0.2) is 44.7 Å². The molecular formula is C20H21N3O5S2. The molecule has 10 heteroatoms. The molecule has 2 amide bonds. The van der Waals surface area contributed by atoms with E-state index < -0.39 is 15.9 Å². The van der Waals surface area contributed by atoms with Crippen molar-refractivity contribution in [3.05, 3.63) is 45.8 Å². The number of sulfone groups is 1. The van der Waals surface area contributed by atoms with Gasteiger partial charge in [-0.3, -0.25) is 4.79 Å². The minimum Gasteiger partial charge on any atom is -0.450 e. The van der Waals surface area contributed by atoms with Crippen LogP contribution in [0, 0.1) is 11.3 Å². The Kier molecular flexibility index (Phi) is 6.43. The second kappa shape index (κ2) is 8.85. The van der Waals surface area contributed by atoms with Gasteiger partial charge < -0.3 is 15.0 Å². The van der Waals surface area contributed by atoms with Gasteiger partial charge in [-0.05, 0) is 36.6 Å². The molecular weight excluding hydrogens is 426 g/mol. The molecule has 0 fully saturated rings. The number of benzene rings is 1. The highest BCUT2D eigenvalue weighted by atomic mass is 32.2. The van der Waals surface area contributed by atoms with Crippen LogP contribution >= 0.6 is 11.3 Å². The number of nitriles is 1. The van der Waals surface area contributed by atoms with Gasteiger partial charge >= 0.3 is 6.09 Å². The Morgan fingerprint density at radius 1 is 1.30 bits per heavy atom. The number of rotatable bonds is 5. The maximum absolute atomic E-state index is 12.5. The number of hydrogen-bond donors (Lipinski definition) is 1. The molecule has 0 saturated carbocycles. The molecule has 0 bridgehead atoms. The van der Waals surface area contributed by atoms with Crippen molar-refractivity contribution in [3.8, 4) is 6.07 Å². The molecule has 2 heterocycles. The van der Waals surface area contributed by atoms with Crippen LogP contribution in [0.15, 0.2) is 29.2 Å². The standard InChI is InChI=1S/C20H21N3O5S2/c1-3-28-20(25)23-9-8-15-16(11-21)19(29-17(15)12-23)22-18(24)10-13-4-6-14(7-5-13)30(2,26)27/h4-7H,3,8-10,12H2,1-2H3,(H,22,24). The summed E-state index contributed by atoms with van der Waals surface area (Å²) in [5.74, 6) is -0.306.